The van der Waals surface area contributed by atoms with Crippen LogP contribution in [-0.4, -0.2) is 56.9 Å². The molecular weight excluding hydrogens is 525 g/mol. The van der Waals surface area contributed by atoms with Gasteiger partial charge in [0, 0.05) is 37.2 Å². The molecule has 6 rings (SSSR count). The van der Waals surface area contributed by atoms with Gasteiger partial charge in [0.1, 0.15) is 18.0 Å². The van der Waals surface area contributed by atoms with E-state index in [4.69, 9.17) is 4.52 Å². The molecule has 4 heterocycles. The molecule has 0 saturated carbocycles. The Balaban J connectivity index is 1.28. The van der Waals surface area contributed by atoms with Crippen LogP contribution in [0.2, 0.25) is 0 Å². The number of hydrogen-bond donors (Lipinski definition) is 1. The summed E-state index contributed by atoms with van der Waals surface area (Å²) < 4.78 is 47.1. The van der Waals surface area contributed by atoms with Crippen LogP contribution in [0.1, 0.15) is 49.4 Å². The Labute approximate surface area is 227 Å². The van der Waals surface area contributed by atoms with E-state index in [1.165, 1.54) is 12.4 Å². The average Bonchev–Trinajstić information content (AvgIpc) is 3.55. The molecule has 0 radical (unpaired) electrons. The maximum Gasteiger partial charge on any atom is 0.322 e. The SMILES string of the molecule is Cc1cc(-c2ccc(F)c3c(N4CCC(c5noc(C(C)(F)F)n5)CC4)ncnc23)ccc1N1CC(O)CC1=O. The number of nitrogens with zero attached hydrogens (tertiary/aromatic N) is 6. The van der Waals surface area contributed by atoms with Crippen LogP contribution in [-0.2, 0) is 10.7 Å². The number of anilines is 2. The highest BCUT2D eigenvalue weighted by Crippen LogP contribution is 2.38. The Morgan fingerprint density at radius 3 is 2.55 bits per heavy atom. The van der Waals surface area contributed by atoms with E-state index in [0.717, 1.165) is 22.4 Å². The summed E-state index contributed by atoms with van der Waals surface area (Å²) >= 11 is 0. The summed E-state index contributed by atoms with van der Waals surface area (Å²) in [6.07, 6.45) is 1.95. The molecule has 0 spiro atoms. The molecule has 9 nitrogen and oxygen atoms in total. The molecule has 1 atom stereocenters. The zero-order valence-corrected chi connectivity index (χ0v) is 21.9. The van der Waals surface area contributed by atoms with Gasteiger partial charge in [-0.3, -0.25) is 4.79 Å². The van der Waals surface area contributed by atoms with Crippen LogP contribution in [0, 0.1) is 12.7 Å². The Morgan fingerprint density at radius 2 is 1.90 bits per heavy atom. The Bertz CT molecular complexity index is 1600. The Hall–Kier alpha value is -4.06. The molecule has 2 aromatic carbocycles. The Kier molecular flexibility index (Phi) is 6.44. The normalized spacial score (nSPS) is 18.8. The first-order valence-corrected chi connectivity index (χ1v) is 13.1. The van der Waals surface area contributed by atoms with E-state index >= 15 is 4.39 Å². The van der Waals surface area contributed by atoms with Gasteiger partial charge in [-0.15, -0.1) is 0 Å². The van der Waals surface area contributed by atoms with Crippen LogP contribution in [0.3, 0.4) is 0 Å². The highest BCUT2D eigenvalue weighted by molar-refractivity contribution is 6.01. The summed E-state index contributed by atoms with van der Waals surface area (Å²) in [6.45, 7) is 3.85. The minimum Gasteiger partial charge on any atom is -0.391 e. The fourth-order valence-corrected chi connectivity index (χ4v) is 5.57. The van der Waals surface area contributed by atoms with Crippen LogP contribution in [0.5, 0.6) is 0 Å². The van der Waals surface area contributed by atoms with Gasteiger partial charge in [-0.1, -0.05) is 11.2 Å². The van der Waals surface area contributed by atoms with E-state index in [2.05, 4.69) is 20.1 Å². The van der Waals surface area contributed by atoms with E-state index in [1.54, 1.807) is 11.0 Å². The lowest BCUT2D eigenvalue weighted by atomic mass is 9.95. The van der Waals surface area contributed by atoms with Crippen molar-refractivity contribution in [2.75, 3.05) is 29.4 Å². The number of alkyl halides is 2. The van der Waals surface area contributed by atoms with E-state index < -0.39 is 23.7 Å². The summed E-state index contributed by atoms with van der Waals surface area (Å²) in [5.74, 6) is -3.92. The third kappa shape index (κ3) is 4.66. The molecule has 2 saturated heterocycles. The maximum absolute atomic E-state index is 15.3. The van der Waals surface area contributed by atoms with Crippen molar-refractivity contribution in [2.24, 2.45) is 0 Å². The van der Waals surface area contributed by atoms with Gasteiger partial charge in [0.2, 0.25) is 5.91 Å². The van der Waals surface area contributed by atoms with Crippen molar-refractivity contribution in [3.8, 4) is 11.1 Å². The number of piperidine rings is 1. The molecule has 1 N–H and O–H groups in total. The Morgan fingerprint density at radius 1 is 1.12 bits per heavy atom. The first kappa shape index (κ1) is 26.2. The van der Waals surface area contributed by atoms with Crippen molar-refractivity contribution in [1.82, 2.24) is 20.1 Å². The van der Waals surface area contributed by atoms with E-state index in [0.29, 0.717) is 49.6 Å². The third-order valence-corrected chi connectivity index (χ3v) is 7.60. The van der Waals surface area contributed by atoms with Crippen molar-refractivity contribution in [3.05, 3.63) is 59.8 Å². The maximum atomic E-state index is 15.3. The number of amides is 1. The highest BCUT2D eigenvalue weighted by atomic mass is 19.3. The fourth-order valence-electron chi connectivity index (χ4n) is 5.57. The second-order valence-corrected chi connectivity index (χ2v) is 10.5. The number of hydrogen-bond acceptors (Lipinski definition) is 8. The number of aliphatic hydroxyl groups excluding tert-OH is 1. The lowest BCUT2D eigenvalue weighted by Crippen LogP contribution is -2.34. The second-order valence-electron chi connectivity index (χ2n) is 10.5. The highest BCUT2D eigenvalue weighted by Gasteiger charge is 2.35. The molecule has 1 amide bonds. The monoisotopic (exact) mass is 552 g/mol. The van der Waals surface area contributed by atoms with E-state index in [9.17, 15) is 18.7 Å². The largest absolute Gasteiger partial charge is 0.391 e. The lowest BCUT2D eigenvalue weighted by molar-refractivity contribution is -0.117. The van der Waals surface area contributed by atoms with Crippen LogP contribution in [0.25, 0.3) is 22.0 Å². The third-order valence-electron chi connectivity index (χ3n) is 7.60. The number of carbonyl (C=O) groups excluding carboxylic acids is 1. The summed E-state index contributed by atoms with van der Waals surface area (Å²) in [4.78, 5) is 28.6. The smallest absolute Gasteiger partial charge is 0.322 e. The number of aryl methyl sites for hydroxylation is 1. The van der Waals surface area contributed by atoms with Crippen molar-refractivity contribution in [2.45, 2.75) is 51.1 Å². The summed E-state index contributed by atoms with van der Waals surface area (Å²) in [5, 5.41) is 13.9. The number of β-amino-alcohol motifs (C(OH)–C–C–N with tert-alkyl or cyclic N) is 1. The van der Waals surface area contributed by atoms with Gasteiger partial charge in [-0.05, 0) is 55.2 Å². The molecule has 2 aliphatic heterocycles. The van der Waals surface area contributed by atoms with E-state index in [1.807, 2.05) is 30.0 Å². The van der Waals surface area contributed by atoms with Crippen molar-refractivity contribution in [3.63, 3.8) is 0 Å². The van der Waals surface area contributed by atoms with Gasteiger partial charge >= 0.3 is 5.92 Å². The van der Waals surface area contributed by atoms with Crippen LogP contribution in [0.15, 0.2) is 41.2 Å². The minimum atomic E-state index is -3.20. The molecule has 1 unspecified atom stereocenters. The number of aromatic nitrogens is 4. The van der Waals surface area contributed by atoms with Crippen molar-refractivity contribution in [1.29, 1.82) is 0 Å². The molecule has 2 aromatic heterocycles. The number of rotatable bonds is 5. The quantitative estimate of drug-likeness (QED) is 0.379. The van der Waals surface area contributed by atoms with Crippen LogP contribution in [0.4, 0.5) is 24.7 Å². The molecule has 2 aliphatic rings. The molecule has 40 heavy (non-hydrogen) atoms. The van der Waals surface area contributed by atoms with E-state index in [-0.39, 0.29) is 30.6 Å². The first-order chi connectivity index (χ1) is 19.1. The fraction of sp³-hybridized carbons (Fsp3) is 0.393. The van der Waals surface area contributed by atoms with Gasteiger partial charge in [-0.2, -0.15) is 13.8 Å². The predicted octanol–water partition coefficient (Wildman–Crippen LogP) is 4.72. The zero-order chi connectivity index (χ0) is 28.2. The molecule has 4 aromatic rings. The zero-order valence-electron chi connectivity index (χ0n) is 21.9. The number of benzene rings is 2. The number of halogens is 3. The standard InChI is InChI=1S/C28H27F3N6O3/c1-15-11-17(3-6-21(15)37-13-18(38)12-22(37)39)19-4-5-20(29)23-24(19)32-14-33-26(23)36-9-7-16(8-10-36)25-34-27(40-35-25)28(2,30)31/h3-6,11,14,16,18,38H,7-10,12-13H2,1-2H3. The van der Waals surface area contributed by atoms with Crippen LogP contribution >= 0.6 is 0 Å². The molecule has 0 bridgehead atoms. The first-order valence-electron chi connectivity index (χ1n) is 13.1. The van der Waals surface area contributed by atoms with Gasteiger partial charge in [0.25, 0.3) is 5.89 Å². The summed E-state index contributed by atoms with van der Waals surface area (Å²) in [6, 6.07) is 8.69. The number of aliphatic hydroxyl groups is 1. The molecular formula is C28H27F3N6O3. The summed E-state index contributed by atoms with van der Waals surface area (Å²) in [7, 11) is 0. The number of fused-ring (bicyclic) bond motifs is 1. The van der Waals surface area contributed by atoms with Gasteiger partial charge in [0.05, 0.1) is 30.0 Å². The van der Waals surface area contributed by atoms with Crippen molar-refractivity contribution >= 4 is 28.3 Å². The summed E-state index contributed by atoms with van der Waals surface area (Å²) in [5.41, 5.74) is 3.56. The predicted molar refractivity (Wildman–Crippen MR) is 141 cm³/mol. The molecule has 0 aliphatic carbocycles. The molecule has 12 heteroatoms. The average molecular weight is 553 g/mol. The van der Waals surface area contributed by atoms with Gasteiger partial charge in [-0.25, -0.2) is 14.4 Å². The second kappa shape index (κ2) is 9.84. The van der Waals surface area contributed by atoms with Gasteiger partial charge < -0.3 is 19.4 Å². The minimum absolute atomic E-state index is 0.103. The van der Waals surface area contributed by atoms with Crippen molar-refractivity contribution < 1.29 is 27.6 Å². The molecule has 208 valence electrons. The molecule has 2 fully saturated rings. The van der Waals surface area contributed by atoms with Crippen LogP contribution < -0.4 is 9.80 Å². The lowest BCUT2D eigenvalue weighted by Gasteiger charge is -2.32. The van der Waals surface area contributed by atoms with Gasteiger partial charge in [0.15, 0.2) is 5.82 Å². The topological polar surface area (TPSA) is 108 Å². The number of carbonyl (C=O) groups is 1.